The number of amides is 1. The average Bonchev–Trinajstić information content (AvgIpc) is 2.62. The first kappa shape index (κ1) is 18.9. The maximum absolute atomic E-state index is 11.8. The van der Waals surface area contributed by atoms with Crippen LogP contribution in [0.4, 0.5) is 0 Å². The van der Waals surface area contributed by atoms with E-state index < -0.39 is 5.91 Å². The maximum atomic E-state index is 11.8. The van der Waals surface area contributed by atoms with Crippen molar-refractivity contribution >= 4 is 35.3 Å². The molecule has 1 N–H and O–H groups in total. The zero-order valence-corrected chi connectivity index (χ0v) is 15.1. The topological polar surface area (TPSA) is 69.2 Å². The number of methoxy groups -OCH3 is 2. The molecule has 25 heavy (non-hydrogen) atoms. The van der Waals surface area contributed by atoms with Crippen molar-refractivity contribution in [1.29, 1.82) is 0 Å². The predicted molar refractivity (Wildman–Crippen MR) is 97.2 cm³/mol. The number of nitrogens with one attached hydrogen (secondary N) is 1. The summed E-state index contributed by atoms with van der Waals surface area (Å²) in [5.74, 6) is 1.11. The third-order valence-electron chi connectivity index (χ3n) is 3.09. The third-order valence-corrected chi connectivity index (χ3v) is 3.63. The van der Waals surface area contributed by atoms with Gasteiger partial charge < -0.3 is 14.2 Å². The maximum Gasteiger partial charge on any atom is 0.277 e. The van der Waals surface area contributed by atoms with Gasteiger partial charge in [0.25, 0.3) is 5.91 Å². The van der Waals surface area contributed by atoms with Crippen LogP contribution in [-0.4, -0.2) is 32.9 Å². The number of halogens is 2. The molecule has 2 aromatic rings. The Morgan fingerprint density at radius 3 is 2.64 bits per heavy atom. The van der Waals surface area contributed by atoms with Gasteiger partial charge in [-0.3, -0.25) is 4.79 Å². The minimum Gasteiger partial charge on any atom is -0.497 e. The minimum atomic E-state index is -0.445. The Kier molecular flexibility index (Phi) is 6.91. The first-order valence-corrected chi connectivity index (χ1v) is 7.91. The summed E-state index contributed by atoms with van der Waals surface area (Å²) in [6.07, 6.45) is 1.46. The standard InChI is InChI=1S/C17H16Cl2N2O4/c1-23-13-5-3-11(15(8-13)24-2)9-20-21-17(22)10-25-16-7-12(18)4-6-14(16)19/h3-9H,10H2,1-2H3,(H,21,22)/b20-9+. The average molecular weight is 383 g/mol. The minimum absolute atomic E-state index is 0.253. The molecule has 0 saturated heterocycles. The molecule has 2 aromatic carbocycles. The van der Waals surface area contributed by atoms with E-state index in [1.807, 2.05) is 0 Å². The summed E-state index contributed by atoms with van der Waals surface area (Å²) in [4.78, 5) is 11.8. The zero-order chi connectivity index (χ0) is 18.2. The summed E-state index contributed by atoms with van der Waals surface area (Å²) in [7, 11) is 3.10. The molecule has 0 radical (unpaired) electrons. The van der Waals surface area contributed by atoms with Crippen LogP contribution < -0.4 is 19.6 Å². The van der Waals surface area contributed by atoms with E-state index in [0.29, 0.717) is 32.9 Å². The largest absolute Gasteiger partial charge is 0.497 e. The normalized spacial score (nSPS) is 10.6. The van der Waals surface area contributed by atoms with Gasteiger partial charge in [-0.05, 0) is 24.3 Å². The Balaban J connectivity index is 1.91. The lowest BCUT2D eigenvalue weighted by Crippen LogP contribution is -2.24. The van der Waals surface area contributed by atoms with E-state index >= 15 is 0 Å². The highest BCUT2D eigenvalue weighted by Gasteiger charge is 2.07. The fraction of sp³-hybridized carbons (Fsp3) is 0.176. The first-order chi connectivity index (χ1) is 12.0. The van der Waals surface area contributed by atoms with Crippen molar-refractivity contribution in [3.8, 4) is 17.2 Å². The highest BCUT2D eigenvalue weighted by molar-refractivity contribution is 6.34. The Bertz CT molecular complexity index is 781. The number of rotatable bonds is 7. The predicted octanol–water partition coefficient (Wildman–Crippen LogP) is 3.54. The van der Waals surface area contributed by atoms with Crippen LogP contribution in [0.3, 0.4) is 0 Å². The van der Waals surface area contributed by atoms with Crippen LogP contribution in [-0.2, 0) is 4.79 Å². The second-order valence-electron chi connectivity index (χ2n) is 4.76. The molecule has 0 aliphatic carbocycles. The van der Waals surface area contributed by atoms with E-state index in [4.69, 9.17) is 37.4 Å². The molecule has 6 nitrogen and oxygen atoms in total. The number of ether oxygens (including phenoxy) is 3. The van der Waals surface area contributed by atoms with Gasteiger partial charge in [-0.25, -0.2) is 5.43 Å². The lowest BCUT2D eigenvalue weighted by Gasteiger charge is -2.08. The molecule has 8 heteroatoms. The molecule has 0 aromatic heterocycles. The zero-order valence-electron chi connectivity index (χ0n) is 13.6. The molecule has 0 fully saturated rings. The van der Waals surface area contributed by atoms with E-state index in [2.05, 4.69) is 10.5 Å². The summed E-state index contributed by atoms with van der Waals surface area (Å²) in [5, 5.41) is 4.70. The third kappa shape index (κ3) is 5.55. The van der Waals surface area contributed by atoms with Crippen molar-refractivity contribution in [1.82, 2.24) is 5.43 Å². The van der Waals surface area contributed by atoms with Crippen LogP contribution in [0.1, 0.15) is 5.56 Å². The molecule has 0 aliphatic rings. The van der Waals surface area contributed by atoms with Gasteiger partial charge in [-0.15, -0.1) is 0 Å². The SMILES string of the molecule is COc1ccc(/C=N/NC(=O)COc2cc(Cl)ccc2Cl)c(OC)c1. The van der Waals surface area contributed by atoms with Crippen molar-refractivity contribution in [3.05, 3.63) is 52.0 Å². The van der Waals surface area contributed by atoms with E-state index in [1.165, 1.54) is 19.4 Å². The summed E-state index contributed by atoms with van der Waals surface area (Å²) in [6.45, 7) is -0.253. The molecule has 0 spiro atoms. The summed E-state index contributed by atoms with van der Waals surface area (Å²) in [5.41, 5.74) is 3.04. The molecule has 0 bridgehead atoms. The summed E-state index contributed by atoms with van der Waals surface area (Å²) < 4.78 is 15.7. The Morgan fingerprint density at radius 2 is 1.92 bits per heavy atom. The molecular weight excluding hydrogens is 367 g/mol. The van der Waals surface area contributed by atoms with Crippen LogP contribution in [0.5, 0.6) is 17.2 Å². The van der Waals surface area contributed by atoms with Crippen LogP contribution >= 0.6 is 23.2 Å². The number of hydrogen-bond donors (Lipinski definition) is 1. The number of nitrogens with zero attached hydrogens (tertiary/aromatic N) is 1. The fourth-order valence-corrected chi connectivity index (χ4v) is 2.20. The van der Waals surface area contributed by atoms with Gasteiger partial charge in [0.1, 0.15) is 17.2 Å². The van der Waals surface area contributed by atoms with Crippen molar-refractivity contribution in [2.24, 2.45) is 5.10 Å². The Hall–Kier alpha value is -2.44. The second-order valence-corrected chi connectivity index (χ2v) is 5.61. The highest BCUT2D eigenvalue weighted by atomic mass is 35.5. The molecule has 2 rings (SSSR count). The molecular formula is C17H16Cl2N2O4. The van der Waals surface area contributed by atoms with Gasteiger partial charge in [-0.2, -0.15) is 5.10 Å². The van der Waals surface area contributed by atoms with Crippen LogP contribution in [0.25, 0.3) is 0 Å². The summed E-state index contributed by atoms with van der Waals surface area (Å²) >= 11 is 11.8. The van der Waals surface area contributed by atoms with Crippen molar-refractivity contribution in [2.75, 3.05) is 20.8 Å². The second kappa shape index (κ2) is 9.15. The number of hydrogen-bond acceptors (Lipinski definition) is 5. The van der Waals surface area contributed by atoms with E-state index in [0.717, 1.165) is 0 Å². The van der Waals surface area contributed by atoms with E-state index in [-0.39, 0.29) is 6.61 Å². The van der Waals surface area contributed by atoms with Crippen molar-refractivity contribution in [3.63, 3.8) is 0 Å². The smallest absolute Gasteiger partial charge is 0.277 e. The molecule has 132 valence electrons. The van der Waals surface area contributed by atoms with Gasteiger partial charge in [0, 0.05) is 22.7 Å². The molecule has 0 heterocycles. The van der Waals surface area contributed by atoms with Crippen LogP contribution in [0.2, 0.25) is 10.0 Å². The first-order valence-electron chi connectivity index (χ1n) is 7.15. The number of carbonyl (C=O) groups excluding carboxylic acids is 1. The van der Waals surface area contributed by atoms with E-state index in [9.17, 15) is 4.79 Å². The number of benzene rings is 2. The summed E-state index contributed by atoms with van der Waals surface area (Å²) in [6, 6.07) is 9.98. The molecule has 0 atom stereocenters. The van der Waals surface area contributed by atoms with Gasteiger partial charge in [0.2, 0.25) is 0 Å². The quantitative estimate of drug-likeness (QED) is 0.587. The monoisotopic (exact) mass is 382 g/mol. The van der Waals surface area contributed by atoms with E-state index in [1.54, 1.807) is 37.4 Å². The number of hydrazone groups is 1. The number of carbonyl (C=O) groups is 1. The molecule has 0 aliphatic heterocycles. The molecule has 1 amide bonds. The van der Waals surface area contributed by atoms with Gasteiger partial charge >= 0.3 is 0 Å². The lowest BCUT2D eigenvalue weighted by atomic mass is 10.2. The van der Waals surface area contributed by atoms with Gasteiger partial charge in [0.05, 0.1) is 25.5 Å². The van der Waals surface area contributed by atoms with Gasteiger partial charge in [-0.1, -0.05) is 23.2 Å². The van der Waals surface area contributed by atoms with Crippen LogP contribution in [0.15, 0.2) is 41.5 Å². The van der Waals surface area contributed by atoms with Crippen LogP contribution in [0, 0.1) is 0 Å². The molecule has 0 unspecified atom stereocenters. The van der Waals surface area contributed by atoms with Gasteiger partial charge in [0.15, 0.2) is 6.61 Å². The lowest BCUT2D eigenvalue weighted by molar-refractivity contribution is -0.123. The Labute approximate surface area is 155 Å². The van der Waals surface area contributed by atoms with Crippen molar-refractivity contribution < 1.29 is 19.0 Å². The highest BCUT2D eigenvalue weighted by Crippen LogP contribution is 2.27. The van der Waals surface area contributed by atoms with Crippen molar-refractivity contribution in [2.45, 2.75) is 0 Å². The fourth-order valence-electron chi connectivity index (χ4n) is 1.86. The molecule has 0 saturated carbocycles. The Morgan fingerprint density at radius 1 is 1.12 bits per heavy atom.